The molecule has 3 heterocycles. The Morgan fingerprint density at radius 2 is 0.791 bits per heavy atom. The molecule has 3 aromatic heterocycles. The summed E-state index contributed by atoms with van der Waals surface area (Å²) in [6.45, 7) is 0. The number of hydrogen-bond acceptors (Lipinski definition) is 4. The van der Waals surface area contributed by atoms with Gasteiger partial charge in [0, 0.05) is 36.5 Å². The summed E-state index contributed by atoms with van der Waals surface area (Å²) in [4.78, 5) is 15.1. The fourth-order valence-electron chi connectivity index (χ4n) is 6.04. The minimum atomic E-state index is 0.660. The number of hydrogen-bond donors (Lipinski definition) is 0. The molecule has 200 valence electrons. The molecule has 0 saturated heterocycles. The Bertz CT molecular complexity index is 2620. The molecule has 6 aromatic carbocycles. The topological polar surface area (TPSA) is 38.7 Å². The second-order valence-corrected chi connectivity index (χ2v) is 12.0. The van der Waals surface area contributed by atoms with E-state index in [1.165, 1.54) is 41.7 Å². The van der Waals surface area contributed by atoms with Crippen LogP contribution in [0.15, 0.2) is 140 Å². The van der Waals surface area contributed by atoms with Crippen LogP contribution in [0.3, 0.4) is 0 Å². The van der Waals surface area contributed by atoms with E-state index in [0.29, 0.717) is 17.1 Å². The van der Waals surface area contributed by atoms with E-state index in [2.05, 4.69) is 121 Å². The van der Waals surface area contributed by atoms with Gasteiger partial charge in [0.05, 0.1) is 0 Å². The molecule has 9 rings (SSSR count). The molecule has 0 N–H and O–H groups in total. The molecule has 12 bridgehead atoms. The zero-order valence-corrected chi connectivity index (χ0v) is 23.8. The van der Waals surface area contributed by atoms with Gasteiger partial charge in [-0.05, 0) is 80.8 Å². The van der Waals surface area contributed by atoms with Gasteiger partial charge in [0.15, 0.2) is 17.1 Å². The molecule has 3 nitrogen and oxygen atoms in total. The van der Waals surface area contributed by atoms with Crippen LogP contribution in [0, 0.1) is 0 Å². The number of nitrogens with zero attached hydrogens (tertiary/aromatic N) is 3. The number of thiophene rings is 1. The summed E-state index contributed by atoms with van der Waals surface area (Å²) in [5.41, 5.74) is 2.29. The lowest BCUT2D eigenvalue weighted by Crippen LogP contribution is -1.94. The molecule has 0 aliphatic heterocycles. The molecule has 0 spiro atoms. The van der Waals surface area contributed by atoms with Crippen molar-refractivity contribution in [2.24, 2.45) is 0 Å². The van der Waals surface area contributed by atoms with Crippen molar-refractivity contribution in [3.8, 4) is 11.4 Å². The third-order valence-corrected chi connectivity index (χ3v) is 9.39. The quantitative estimate of drug-likeness (QED) is 0.199. The predicted octanol–water partition coefficient (Wildman–Crippen LogP) is 10.8. The van der Waals surface area contributed by atoms with Gasteiger partial charge in [-0.1, -0.05) is 91.0 Å². The SMILES string of the molecule is c1ccc(-c2nc3nc(n2)c2ccc4sc5ccc(cc5c4c2)c2cccc(c2)c2cccc(c2)c2cccc3c2)cc1. The first kappa shape index (κ1) is 24.2. The van der Waals surface area contributed by atoms with Gasteiger partial charge >= 0.3 is 0 Å². The Kier molecular flexibility index (Phi) is 5.37. The van der Waals surface area contributed by atoms with E-state index in [9.17, 15) is 0 Å². The lowest BCUT2D eigenvalue weighted by atomic mass is 10.0. The van der Waals surface area contributed by atoms with Crippen LogP contribution in [0.25, 0.3) is 85.9 Å². The Labute approximate surface area is 251 Å². The molecular formula is C39H23N3S. The van der Waals surface area contributed by atoms with Crippen molar-refractivity contribution in [3.05, 3.63) is 140 Å². The Morgan fingerprint density at radius 1 is 0.349 bits per heavy atom. The van der Waals surface area contributed by atoms with E-state index in [1.807, 2.05) is 29.5 Å². The minimum Gasteiger partial charge on any atom is -0.208 e. The van der Waals surface area contributed by atoms with Gasteiger partial charge in [0.25, 0.3) is 0 Å². The van der Waals surface area contributed by atoms with Crippen LogP contribution in [0.5, 0.6) is 0 Å². The van der Waals surface area contributed by atoms with Gasteiger partial charge in [-0.2, -0.15) is 0 Å². The normalized spacial score (nSPS) is 11.7. The fourth-order valence-corrected chi connectivity index (χ4v) is 7.11. The van der Waals surface area contributed by atoms with Crippen LogP contribution in [-0.2, 0) is 0 Å². The molecule has 9 aromatic rings. The van der Waals surface area contributed by atoms with E-state index in [4.69, 9.17) is 15.0 Å². The van der Waals surface area contributed by atoms with Crippen LogP contribution in [0.1, 0.15) is 0 Å². The van der Waals surface area contributed by atoms with Crippen LogP contribution < -0.4 is 0 Å². The highest BCUT2D eigenvalue weighted by atomic mass is 32.1. The molecule has 0 unspecified atom stereocenters. The fraction of sp³-hybridized carbons (Fsp3) is 0. The van der Waals surface area contributed by atoms with Crippen molar-refractivity contribution in [1.29, 1.82) is 0 Å². The van der Waals surface area contributed by atoms with Crippen molar-refractivity contribution < 1.29 is 0 Å². The Hall–Kier alpha value is -5.45. The summed E-state index contributed by atoms with van der Waals surface area (Å²) in [7, 11) is 0. The first-order valence-corrected chi connectivity index (χ1v) is 15.2. The van der Waals surface area contributed by atoms with E-state index < -0.39 is 0 Å². The van der Waals surface area contributed by atoms with Crippen LogP contribution in [-0.4, -0.2) is 15.0 Å². The van der Waals surface area contributed by atoms with Gasteiger partial charge in [-0.15, -0.1) is 11.3 Å². The minimum absolute atomic E-state index is 0.660. The third kappa shape index (κ3) is 4.15. The second kappa shape index (κ2) is 9.55. The average Bonchev–Trinajstić information content (AvgIpc) is 3.45. The maximum Gasteiger partial charge on any atom is 0.164 e. The highest BCUT2D eigenvalue weighted by Crippen LogP contribution is 2.36. The standard InChI is InChI=1S/C39H23N3S/c1-2-7-24(8-3-1)37-40-38-31-14-6-13-29(21-31)27-11-4-9-25(19-27)26-10-5-12-28(20-26)30-15-17-35-33(22-30)34-23-32(39(41-37)42-38)16-18-36(34)43-35/h1-23H. The zero-order valence-electron chi connectivity index (χ0n) is 23.0. The van der Waals surface area contributed by atoms with Crippen molar-refractivity contribution in [2.75, 3.05) is 0 Å². The molecule has 0 saturated carbocycles. The van der Waals surface area contributed by atoms with E-state index in [1.54, 1.807) is 0 Å². The summed E-state index contributed by atoms with van der Waals surface area (Å²) in [6.07, 6.45) is 0. The number of benzene rings is 6. The maximum atomic E-state index is 5.07. The van der Waals surface area contributed by atoms with E-state index >= 15 is 0 Å². The van der Waals surface area contributed by atoms with E-state index in [0.717, 1.165) is 27.1 Å². The summed E-state index contributed by atoms with van der Waals surface area (Å²) < 4.78 is 2.52. The van der Waals surface area contributed by atoms with Gasteiger partial charge in [0.2, 0.25) is 0 Å². The first-order valence-electron chi connectivity index (χ1n) is 14.4. The maximum absolute atomic E-state index is 5.07. The average molecular weight is 566 g/mol. The largest absolute Gasteiger partial charge is 0.208 e. The van der Waals surface area contributed by atoms with E-state index in [-0.39, 0.29) is 0 Å². The molecule has 0 aliphatic rings. The molecule has 43 heavy (non-hydrogen) atoms. The summed E-state index contributed by atoms with van der Waals surface area (Å²) >= 11 is 1.82. The monoisotopic (exact) mass is 565 g/mol. The molecule has 4 heteroatoms. The van der Waals surface area contributed by atoms with Gasteiger partial charge in [-0.25, -0.2) is 15.0 Å². The predicted molar refractivity (Wildman–Crippen MR) is 183 cm³/mol. The van der Waals surface area contributed by atoms with Crippen LogP contribution in [0.2, 0.25) is 0 Å². The number of aromatic nitrogens is 3. The Balaban J connectivity index is 1.51. The third-order valence-electron chi connectivity index (χ3n) is 8.24. The van der Waals surface area contributed by atoms with Gasteiger partial charge in [-0.3, -0.25) is 0 Å². The summed E-state index contributed by atoms with van der Waals surface area (Å²) in [5.74, 6) is 0.665. The van der Waals surface area contributed by atoms with Gasteiger partial charge in [0.1, 0.15) is 0 Å². The summed E-state index contributed by atoms with van der Waals surface area (Å²) in [5, 5.41) is 11.5. The molecule has 0 atom stereocenters. The van der Waals surface area contributed by atoms with Crippen molar-refractivity contribution >= 4 is 85.9 Å². The van der Waals surface area contributed by atoms with Crippen LogP contribution in [0.4, 0.5) is 0 Å². The molecule has 0 amide bonds. The second-order valence-electron chi connectivity index (χ2n) is 10.9. The lowest BCUT2D eigenvalue weighted by Gasteiger charge is -2.04. The first-order chi connectivity index (χ1) is 21.2. The van der Waals surface area contributed by atoms with Crippen molar-refractivity contribution in [2.45, 2.75) is 0 Å². The molecular weight excluding hydrogens is 543 g/mol. The number of fused-ring (bicyclic) bond motifs is 15. The van der Waals surface area contributed by atoms with Crippen molar-refractivity contribution in [1.82, 2.24) is 15.0 Å². The summed E-state index contributed by atoms with van der Waals surface area (Å²) in [6, 6.07) is 49.7. The van der Waals surface area contributed by atoms with Crippen LogP contribution >= 0.6 is 11.3 Å². The Morgan fingerprint density at radius 3 is 1.37 bits per heavy atom. The van der Waals surface area contributed by atoms with Crippen molar-refractivity contribution in [3.63, 3.8) is 0 Å². The molecule has 0 fully saturated rings. The molecule has 0 aliphatic carbocycles. The zero-order chi connectivity index (χ0) is 28.3. The smallest absolute Gasteiger partial charge is 0.164 e. The van der Waals surface area contributed by atoms with Gasteiger partial charge < -0.3 is 0 Å². The number of rotatable bonds is 1. The highest BCUT2D eigenvalue weighted by Gasteiger charge is 2.09. The highest BCUT2D eigenvalue weighted by molar-refractivity contribution is 7.25. The molecule has 0 radical (unpaired) electrons. The lowest BCUT2D eigenvalue weighted by molar-refractivity contribution is 1.18.